The van der Waals surface area contributed by atoms with Crippen molar-refractivity contribution < 1.29 is 19.0 Å². The maximum atomic E-state index is 12.5. The third-order valence-corrected chi connectivity index (χ3v) is 4.94. The molecule has 0 fully saturated rings. The Balaban J connectivity index is 1.78. The number of amides is 1. The topological polar surface area (TPSA) is 74.6 Å². The molecule has 4 rings (SSSR count). The van der Waals surface area contributed by atoms with Gasteiger partial charge < -0.3 is 19.5 Å². The molecule has 28 heavy (non-hydrogen) atoms. The molecular weight excluding hydrogens is 358 g/mol. The third kappa shape index (κ3) is 3.05. The Kier molecular flexibility index (Phi) is 4.65. The van der Waals surface area contributed by atoms with E-state index in [-0.39, 0.29) is 11.8 Å². The minimum absolute atomic E-state index is 0.0642. The Morgan fingerprint density at radius 2 is 1.71 bits per heavy atom. The molecule has 2 heterocycles. The zero-order valence-corrected chi connectivity index (χ0v) is 15.9. The largest absolute Gasteiger partial charge is 0.497 e. The van der Waals surface area contributed by atoms with Gasteiger partial charge in [0, 0.05) is 29.7 Å². The lowest BCUT2D eigenvalue weighted by Gasteiger charge is -2.25. The lowest BCUT2D eigenvalue weighted by Crippen LogP contribution is -2.25. The van der Waals surface area contributed by atoms with E-state index in [9.17, 15) is 4.79 Å². The van der Waals surface area contributed by atoms with Crippen LogP contribution in [-0.4, -0.2) is 36.8 Å². The van der Waals surface area contributed by atoms with Crippen molar-refractivity contribution in [2.45, 2.75) is 12.3 Å². The van der Waals surface area contributed by atoms with E-state index in [1.165, 1.54) is 0 Å². The first kappa shape index (κ1) is 17.9. The van der Waals surface area contributed by atoms with Crippen molar-refractivity contribution in [3.8, 4) is 22.9 Å². The Labute approximate surface area is 162 Å². The van der Waals surface area contributed by atoms with E-state index in [0.717, 1.165) is 22.7 Å². The number of fused-ring (bicyclic) bond motifs is 1. The highest BCUT2D eigenvalue weighted by Gasteiger charge is 2.32. The fourth-order valence-corrected chi connectivity index (χ4v) is 3.51. The Bertz CT molecular complexity index is 1010. The summed E-state index contributed by atoms with van der Waals surface area (Å²) in [7, 11) is 4.84. The molecule has 1 amide bonds. The van der Waals surface area contributed by atoms with E-state index < -0.39 is 0 Å². The summed E-state index contributed by atoms with van der Waals surface area (Å²) in [6, 6.07) is 13.2. The van der Waals surface area contributed by atoms with Crippen LogP contribution in [0.2, 0.25) is 0 Å². The van der Waals surface area contributed by atoms with E-state index in [0.29, 0.717) is 23.7 Å². The number of carbonyl (C=O) groups excluding carboxylic acids is 1. The molecule has 3 aromatic rings. The van der Waals surface area contributed by atoms with Gasteiger partial charge in [0.05, 0.1) is 27.0 Å². The van der Waals surface area contributed by atoms with E-state index in [1.54, 1.807) is 27.7 Å². The van der Waals surface area contributed by atoms with Crippen molar-refractivity contribution in [1.29, 1.82) is 0 Å². The smallest absolute Gasteiger partial charge is 0.226 e. The van der Waals surface area contributed by atoms with Crippen molar-refractivity contribution in [2.24, 2.45) is 0 Å². The average Bonchev–Trinajstić information content (AvgIpc) is 3.16. The number of aromatic nitrogens is 2. The number of nitrogens with zero attached hydrogens (tertiary/aromatic N) is 2. The van der Waals surface area contributed by atoms with Crippen LogP contribution < -0.4 is 19.5 Å². The molecule has 2 aromatic carbocycles. The van der Waals surface area contributed by atoms with Crippen molar-refractivity contribution >= 4 is 11.7 Å². The van der Waals surface area contributed by atoms with Gasteiger partial charge in [-0.1, -0.05) is 6.07 Å². The molecule has 0 saturated carbocycles. The zero-order chi connectivity index (χ0) is 19.7. The molecule has 0 spiro atoms. The highest BCUT2D eigenvalue weighted by Crippen LogP contribution is 2.41. The summed E-state index contributed by atoms with van der Waals surface area (Å²) in [5.41, 5.74) is 2.59. The number of imidazole rings is 1. The number of hydrogen-bond acceptors (Lipinski definition) is 5. The second kappa shape index (κ2) is 7.26. The summed E-state index contributed by atoms with van der Waals surface area (Å²) >= 11 is 0. The standard InChI is InChI=1S/C21H21N3O4/c1-26-14-6-4-13(5-7-14)24-12-22-20-17(11-19(25)23-21(20)24)16-9-8-15(27-2)10-18(16)28-3/h4-10,12,17H,11H2,1-3H3,(H,23,25). The summed E-state index contributed by atoms with van der Waals surface area (Å²) in [5.74, 6) is 2.54. The quantitative estimate of drug-likeness (QED) is 0.736. The molecule has 1 N–H and O–H groups in total. The second-order valence-corrected chi connectivity index (χ2v) is 6.46. The fourth-order valence-electron chi connectivity index (χ4n) is 3.51. The molecule has 1 aromatic heterocycles. The maximum Gasteiger partial charge on any atom is 0.226 e. The summed E-state index contributed by atoms with van der Waals surface area (Å²) in [4.78, 5) is 17.1. The number of ether oxygens (including phenoxy) is 3. The van der Waals surface area contributed by atoms with Gasteiger partial charge in [-0.2, -0.15) is 0 Å². The fraction of sp³-hybridized carbons (Fsp3) is 0.238. The van der Waals surface area contributed by atoms with Gasteiger partial charge in [-0.15, -0.1) is 0 Å². The SMILES string of the molecule is COc1ccc(-n2cnc3c2NC(=O)CC3c2ccc(OC)cc2OC)cc1. The second-order valence-electron chi connectivity index (χ2n) is 6.46. The van der Waals surface area contributed by atoms with E-state index in [1.807, 2.05) is 47.0 Å². The maximum absolute atomic E-state index is 12.5. The molecule has 1 aliphatic heterocycles. The number of rotatable bonds is 5. The molecule has 7 nitrogen and oxygen atoms in total. The van der Waals surface area contributed by atoms with Crippen molar-refractivity contribution in [3.63, 3.8) is 0 Å². The van der Waals surface area contributed by atoms with Gasteiger partial charge in [0.15, 0.2) is 0 Å². The first-order chi connectivity index (χ1) is 13.6. The van der Waals surface area contributed by atoms with Gasteiger partial charge >= 0.3 is 0 Å². The van der Waals surface area contributed by atoms with Crippen LogP contribution in [0.4, 0.5) is 5.82 Å². The zero-order valence-electron chi connectivity index (χ0n) is 15.9. The van der Waals surface area contributed by atoms with Gasteiger partial charge in [0.2, 0.25) is 5.91 Å². The molecule has 0 radical (unpaired) electrons. The van der Waals surface area contributed by atoms with Crippen molar-refractivity contribution in [3.05, 3.63) is 60.0 Å². The van der Waals surface area contributed by atoms with Gasteiger partial charge in [-0.3, -0.25) is 9.36 Å². The highest BCUT2D eigenvalue weighted by atomic mass is 16.5. The van der Waals surface area contributed by atoms with Gasteiger partial charge in [0.1, 0.15) is 29.4 Å². The number of anilines is 1. The lowest BCUT2D eigenvalue weighted by molar-refractivity contribution is -0.116. The van der Waals surface area contributed by atoms with E-state index >= 15 is 0 Å². The molecule has 1 atom stereocenters. The average molecular weight is 379 g/mol. The predicted octanol–water partition coefficient (Wildman–Crippen LogP) is 3.37. The Morgan fingerprint density at radius 1 is 1.00 bits per heavy atom. The third-order valence-electron chi connectivity index (χ3n) is 4.94. The molecule has 0 bridgehead atoms. The predicted molar refractivity (Wildman–Crippen MR) is 105 cm³/mol. The van der Waals surface area contributed by atoms with Gasteiger partial charge in [0.25, 0.3) is 0 Å². The normalized spacial score (nSPS) is 15.5. The number of benzene rings is 2. The minimum atomic E-state index is -0.205. The lowest BCUT2D eigenvalue weighted by atomic mass is 9.89. The summed E-state index contributed by atoms with van der Waals surface area (Å²) in [6.07, 6.45) is 2.02. The summed E-state index contributed by atoms with van der Waals surface area (Å²) < 4.78 is 17.9. The van der Waals surface area contributed by atoms with Crippen LogP contribution in [0.15, 0.2) is 48.8 Å². The monoisotopic (exact) mass is 379 g/mol. The van der Waals surface area contributed by atoms with Crippen LogP contribution in [0.3, 0.4) is 0 Å². The molecular formula is C21H21N3O4. The summed E-state index contributed by atoms with van der Waals surface area (Å²) in [5, 5.41) is 2.96. The van der Waals surface area contributed by atoms with Gasteiger partial charge in [-0.05, 0) is 30.3 Å². The minimum Gasteiger partial charge on any atom is -0.497 e. The Hall–Kier alpha value is -3.48. The number of methoxy groups -OCH3 is 3. The van der Waals surface area contributed by atoms with Crippen molar-refractivity contribution in [2.75, 3.05) is 26.6 Å². The molecule has 1 unspecified atom stereocenters. The number of carbonyl (C=O) groups is 1. The number of hydrogen-bond donors (Lipinski definition) is 1. The van der Waals surface area contributed by atoms with Gasteiger partial charge in [-0.25, -0.2) is 4.98 Å². The molecule has 1 aliphatic rings. The van der Waals surface area contributed by atoms with Crippen molar-refractivity contribution in [1.82, 2.24) is 9.55 Å². The summed E-state index contributed by atoms with van der Waals surface area (Å²) in [6.45, 7) is 0. The van der Waals surface area contributed by atoms with Crippen LogP contribution in [0, 0.1) is 0 Å². The van der Waals surface area contributed by atoms with Crippen LogP contribution >= 0.6 is 0 Å². The molecule has 144 valence electrons. The van der Waals surface area contributed by atoms with Crippen LogP contribution in [-0.2, 0) is 4.79 Å². The first-order valence-electron chi connectivity index (χ1n) is 8.88. The van der Waals surface area contributed by atoms with E-state index in [4.69, 9.17) is 14.2 Å². The van der Waals surface area contributed by atoms with Crippen LogP contribution in [0.5, 0.6) is 17.2 Å². The van der Waals surface area contributed by atoms with Crippen LogP contribution in [0.1, 0.15) is 23.6 Å². The van der Waals surface area contributed by atoms with E-state index in [2.05, 4.69) is 10.3 Å². The molecule has 0 aliphatic carbocycles. The number of nitrogens with one attached hydrogen (secondary N) is 1. The Morgan fingerprint density at radius 3 is 2.39 bits per heavy atom. The van der Waals surface area contributed by atoms with Crippen LogP contribution in [0.25, 0.3) is 5.69 Å². The highest BCUT2D eigenvalue weighted by molar-refractivity contribution is 5.94. The first-order valence-corrected chi connectivity index (χ1v) is 8.88. The molecule has 7 heteroatoms. The molecule has 0 saturated heterocycles.